The van der Waals surface area contributed by atoms with Gasteiger partial charge >= 0.3 is 0 Å². The molecule has 0 aromatic carbocycles. The zero-order valence-electron chi connectivity index (χ0n) is 11.8. The van der Waals surface area contributed by atoms with Crippen molar-refractivity contribution < 1.29 is 0 Å². The van der Waals surface area contributed by atoms with Gasteiger partial charge < -0.3 is 0 Å². The van der Waals surface area contributed by atoms with Gasteiger partial charge in [0.1, 0.15) is 8.80 Å². The Morgan fingerprint density at radius 1 is 0.727 bits per heavy atom. The molecule has 4 aromatic rings. The average Bonchev–Trinajstić information content (AvgIpc) is 3.32. The minimum Gasteiger partial charge on any atom is -0.143 e. The first-order valence-electron chi connectivity index (χ1n) is 7.17. The highest BCUT2D eigenvalue weighted by molar-refractivity contribution is 7.31. The van der Waals surface area contributed by atoms with Crippen LogP contribution >= 0.6 is 45.3 Å². The van der Waals surface area contributed by atoms with Crippen molar-refractivity contribution in [2.24, 2.45) is 0 Å². The van der Waals surface area contributed by atoms with E-state index in [-0.39, 0.29) is 0 Å². The molecule has 0 radical (unpaired) electrons. The van der Waals surface area contributed by atoms with Gasteiger partial charge in [0.15, 0.2) is 0 Å². The van der Waals surface area contributed by atoms with E-state index in [1.807, 2.05) is 45.3 Å². The largest absolute Gasteiger partial charge is 0.143 e. The minimum atomic E-state index is -0.982. The molecule has 0 nitrogen and oxygen atoms in total. The molecule has 5 heterocycles. The van der Waals surface area contributed by atoms with E-state index in [9.17, 15) is 0 Å². The summed E-state index contributed by atoms with van der Waals surface area (Å²) in [6.45, 7) is 2.49. The maximum absolute atomic E-state index is 2.49. The van der Waals surface area contributed by atoms with Crippen LogP contribution in [0, 0.1) is 0 Å². The van der Waals surface area contributed by atoms with Crippen LogP contribution in [0.25, 0.3) is 29.3 Å². The molecule has 1 aliphatic rings. The summed E-state index contributed by atoms with van der Waals surface area (Å²) in [5.74, 6) is 0. The second-order valence-electron chi connectivity index (χ2n) is 5.47. The van der Waals surface area contributed by atoms with Crippen LogP contribution in [0.5, 0.6) is 0 Å². The number of hydrogen-bond acceptors (Lipinski definition) is 4. The van der Waals surface area contributed by atoms with Crippen molar-refractivity contribution in [2.75, 3.05) is 0 Å². The van der Waals surface area contributed by atoms with Gasteiger partial charge in [-0.1, -0.05) is 18.7 Å². The molecule has 5 rings (SSSR count). The molecule has 0 amide bonds. The molecular formula is C17H12S4Si. The van der Waals surface area contributed by atoms with Crippen LogP contribution < -0.4 is 10.4 Å². The molecule has 0 saturated carbocycles. The topological polar surface area (TPSA) is 0 Å². The Labute approximate surface area is 147 Å². The molecule has 0 N–H and O–H groups in total. The predicted octanol–water partition coefficient (Wildman–Crippen LogP) is 5.22. The lowest BCUT2D eigenvalue weighted by Crippen LogP contribution is -2.33. The third-order valence-corrected chi connectivity index (χ3v) is 12.0. The van der Waals surface area contributed by atoms with Crippen molar-refractivity contribution >= 4 is 64.5 Å². The second-order valence-corrected chi connectivity index (χ2v) is 12.2. The highest BCUT2D eigenvalue weighted by atomic mass is 32.1. The van der Waals surface area contributed by atoms with Crippen LogP contribution in [0.1, 0.15) is 0 Å². The smallest absolute Gasteiger partial charge is 0.104 e. The first kappa shape index (κ1) is 13.5. The van der Waals surface area contributed by atoms with Crippen LogP contribution in [0.15, 0.2) is 47.2 Å². The summed E-state index contributed by atoms with van der Waals surface area (Å²) in [6, 6.07) is 13.7. The second kappa shape index (κ2) is 5.01. The zero-order valence-corrected chi connectivity index (χ0v) is 16.2. The van der Waals surface area contributed by atoms with Crippen molar-refractivity contribution in [3.63, 3.8) is 0 Å². The zero-order chi connectivity index (χ0) is 14.7. The Kier molecular flexibility index (Phi) is 3.06. The fourth-order valence-corrected chi connectivity index (χ4v) is 11.1. The normalized spacial score (nSPS) is 13.5. The van der Waals surface area contributed by atoms with Crippen LogP contribution in [0.2, 0.25) is 6.55 Å². The Morgan fingerprint density at radius 2 is 1.23 bits per heavy atom. The molecule has 0 fully saturated rings. The van der Waals surface area contributed by atoms with Gasteiger partial charge in [-0.2, -0.15) is 0 Å². The van der Waals surface area contributed by atoms with Gasteiger partial charge in [0.25, 0.3) is 0 Å². The van der Waals surface area contributed by atoms with E-state index in [1.54, 1.807) is 20.1 Å². The number of thiophene rings is 4. The molecule has 0 saturated heterocycles. The highest BCUT2D eigenvalue weighted by Crippen LogP contribution is 2.43. The molecular weight excluding hydrogens is 361 g/mol. The van der Waals surface area contributed by atoms with Crippen LogP contribution in [0.4, 0.5) is 0 Å². The Morgan fingerprint density at radius 3 is 1.64 bits per heavy atom. The molecule has 22 heavy (non-hydrogen) atoms. The summed E-state index contributed by atoms with van der Waals surface area (Å²) in [4.78, 5) is 8.86. The van der Waals surface area contributed by atoms with E-state index in [2.05, 4.69) is 53.7 Å². The third kappa shape index (κ3) is 1.90. The monoisotopic (exact) mass is 372 g/mol. The lowest BCUT2D eigenvalue weighted by Gasteiger charge is -2.00. The Balaban J connectivity index is 1.65. The summed E-state index contributed by atoms with van der Waals surface area (Å²) in [5.41, 5.74) is 0. The van der Waals surface area contributed by atoms with Gasteiger partial charge in [-0.3, -0.25) is 0 Å². The first-order valence-corrected chi connectivity index (χ1v) is 12.9. The quantitative estimate of drug-likeness (QED) is 0.423. The fourth-order valence-electron chi connectivity index (χ4n) is 3.06. The van der Waals surface area contributed by atoms with Crippen molar-refractivity contribution in [3.8, 4) is 29.3 Å². The summed E-state index contributed by atoms with van der Waals surface area (Å²) < 4.78 is 0. The van der Waals surface area contributed by atoms with Gasteiger partial charge in [0, 0.05) is 29.3 Å². The van der Waals surface area contributed by atoms with Gasteiger partial charge in [-0.15, -0.1) is 45.3 Å². The molecule has 0 unspecified atom stereocenters. The third-order valence-electron chi connectivity index (χ3n) is 4.19. The van der Waals surface area contributed by atoms with Crippen LogP contribution in [-0.4, -0.2) is 8.80 Å². The van der Waals surface area contributed by atoms with Crippen molar-refractivity contribution in [2.45, 2.75) is 6.55 Å². The molecule has 0 spiro atoms. The van der Waals surface area contributed by atoms with Crippen LogP contribution in [-0.2, 0) is 0 Å². The van der Waals surface area contributed by atoms with Crippen molar-refractivity contribution in [1.29, 1.82) is 0 Å². The predicted molar refractivity (Wildman–Crippen MR) is 107 cm³/mol. The average molecular weight is 373 g/mol. The molecule has 0 aliphatic carbocycles. The van der Waals surface area contributed by atoms with Crippen molar-refractivity contribution in [1.82, 2.24) is 0 Å². The number of fused-ring (bicyclic) bond motifs is 3. The molecule has 1 aliphatic heterocycles. The van der Waals surface area contributed by atoms with E-state index < -0.39 is 8.80 Å². The van der Waals surface area contributed by atoms with E-state index in [1.165, 1.54) is 19.5 Å². The Bertz CT molecular complexity index is 863. The molecule has 0 bridgehead atoms. The molecule has 4 aromatic heterocycles. The molecule has 0 atom stereocenters. The lowest BCUT2D eigenvalue weighted by molar-refractivity contribution is 1.94. The SMILES string of the molecule is C[SiH]1c2cc(-c3cccs3)sc2-c2sc(-c3cccs3)cc21. The van der Waals surface area contributed by atoms with E-state index >= 15 is 0 Å². The summed E-state index contributed by atoms with van der Waals surface area (Å²) in [5, 5.41) is 7.67. The summed E-state index contributed by atoms with van der Waals surface area (Å²) in [7, 11) is -0.982. The van der Waals surface area contributed by atoms with Gasteiger partial charge in [0.2, 0.25) is 0 Å². The molecule has 108 valence electrons. The maximum atomic E-state index is 2.49. The number of rotatable bonds is 2. The van der Waals surface area contributed by atoms with Crippen molar-refractivity contribution in [3.05, 3.63) is 47.2 Å². The summed E-state index contributed by atoms with van der Waals surface area (Å²) in [6.07, 6.45) is 0. The molecule has 5 heteroatoms. The van der Waals surface area contributed by atoms with E-state index in [0.717, 1.165) is 0 Å². The van der Waals surface area contributed by atoms with Gasteiger partial charge in [0.05, 0.1) is 0 Å². The van der Waals surface area contributed by atoms with E-state index in [0.29, 0.717) is 0 Å². The highest BCUT2D eigenvalue weighted by Gasteiger charge is 2.32. The van der Waals surface area contributed by atoms with Gasteiger partial charge in [-0.25, -0.2) is 0 Å². The van der Waals surface area contributed by atoms with Gasteiger partial charge in [-0.05, 0) is 45.4 Å². The number of hydrogen-bond donors (Lipinski definition) is 0. The van der Waals surface area contributed by atoms with E-state index in [4.69, 9.17) is 0 Å². The fraction of sp³-hybridized carbons (Fsp3) is 0.0588. The first-order chi connectivity index (χ1) is 10.8. The summed E-state index contributed by atoms with van der Waals surface area (Å²) >= 11 is 7.69. The lowest BCUT2D eigenvalue weighted by atomic mass is 10.3. The maximum Gasteiger partial charge on any atom is 0.104 e. The standard InChI is InChI=1S/C17H12S4Si/c1-22-14-8-12(10-4-2-6-18-10)20-16(14)17-15(22)9-13(21-17)11-5-3-7-19-11/h2-9,22H,1H3. The van der Waals surface area contributed by atoms with Crippen LogP contribution in [0.3, 0.4) is 0 Å². The Hall–Kier alpha value is -0.983. The minimum absolute atomic E-state index is 0.982.